The van der Waals surface area contributed by atoms with E-state index in [4.69, 9.17) is 11.6 Å². The fourth-order valence-electron chi connectivity index (χ4n) is 1.93. The Hall–Kier alpha value is -1.48. The Morgan fingerprint density at radius 3 is 2.63 bits per heavy atom. The quantitative estimate of drug-likeness (QED) is 0.788. The van der Waals surface area contributed by atoms with Crippen LogP contribution in [0.1, 0.15) is 30.9 Å². The van der Waals surface area contributed by atoms with Gasteiger partial charge in [0, 0.05) is 12.1 Å². The minimum atomic E-state index is -0.239. The second-order valence-corrected chi connectivity index (χ2v) is 5.35. The summed E-state index contributed by atoms with van der Waals surface area (Å²) in [7, 11) is 0. The molecule has 2 rings (SSSR count). The fourth-order valence-corrected chi connectivity index (χ4v) is 2.15. The summed E-state index contributed by atoms with van der Waals surface area (Å²) in [5, 5.41) is 0.414. The van der Waals surface area contributed by atoms with Crippen LogP contribution >= 0.6 is 11.6 Å². The van der Waals surface area contributed by atoms with E-state index in [2.05, 4.69) is 23.8 Å². The molecule has 100 valence electrons. The van der Waals surface area contributed by atoms with Gasteiger partial charge in [-0.15, -0.1) is 0 Å². The number of nitrogens with zero attached hydrogens (tertiary/aromatic N) is 2. The van der Waals surface area contributed by atoms with Crippen LogP contribution in [0.2, 0.25) is 5.15 Å². The number of halogens is 2. The van der Waals surface area contributed by atoms with Gasteiger partial charge in [0.05, 0.1) is 0 Å². The molecule has 0 fully saturated rings. The summed E-state index contributed by atoms with van der Waals surface area (Å²) >= 11 is 5.99. The van der Waals surface area contributed by atoms with Gasteiger partial charge in [-0.25, -0.2) is 14.4 Å². The van der Waals surface area contributed by atoms with Gasteiger partial charge in [0.15, 0.2) is 0 Å². The number of rotatable bonds is 4. The number of aromatic nitrogens is 2. The predicted molar refractivity (Wildman–Crippen MR) is 74.8 cm³/mol. The minimum Gasteiger partial charge on any atom is -0.237 e. The van der Waals surface area contributed by atoms with Crippen molar-refractivity contribution < 1.29 is 4.39 Å². The minimum absolute atomic E-state index is 0.239. The van der Waals surface area contributed by atoms with Crippen LogP contribution in [-0.2, 0) is 12.8 Å². The molecular formula is C15H16ClFN2. The van der Waals surface area contributed by atoms with Crippen LogP contribution in [0, 0.1) is 11.7 Å². The van der Waals surface area contributed by atoms with Crippen molar-refractivity contribution in [3.8, 4) is 0 Å². The molecule has 0 saturated heterocycles. The van der Waals surface area contributed by atoms with Gasteiger partial charge in [0.25, 0.3) is 0 Å². The van der Waals surface area contributed by atoms with Crippen LogP contribution in [0.5, 0.6) is 0 Å². The Morgan fingerprint density at radius 2 is 1.95 bits per heavy atom. The van der Waals surface area contributed by atoms with Crippen LogP contribution in [0.15, 0.2) is 30.3 Å². The first kappa shape index (κ1) is 13.9. The summed E-state index contributed by atoms with van der Waals surface area (Å²) in [6, 6.07) is 8.42. The largest absolute Gasteiger partial charge is 0.237 e. The third-order valence-corrected chi connectivity index (χ3v) is 2.91. The molecule has 0 aliphatic heterocycles. The van der Waals surface area contributed by atoms with Crippen LogP contribution < -0.4 is 0 Å². The zero-order valence-electron chi connectivity index (χ0n) is 11.0. The number of benzene rings is 1. The van der Waals surface area contributed by atoms with E-state index in [0.717, 1.165) is 12.1 Å². The lowest BCUT2D eigenvalue weighted by Crippen LogP contribution is -2.04. The SMILES string of the molecule is CC(C)Cc1cc(Cl)nc(Cc2ccccc2F)n1. The van der Waals surface area contributed by atoms with Gasteiger partial charge in [0.1, 0.15) is 16.8 Å². The van der Waals surface area contributed by atoms with E-state index in [1.165, 1.54) is 6.07 Å². The highest BCUT2D eigenvalue weighted by molar-refractivity contribution is 6.29. The monoisotopic (exact) mass is 278 g/mol. The molecule has 0 atom stereocenters. The molecule has 0 amide bonds. The predicted octanol–water partition coefficient (Wildman–Crippen LogP) is 4.06. The molecule has 1 aromatic heterocycles. The highest BCUT2D eigenvalue weighted by atomic mass is 35.5. The van der Waals surface area contributed by atoms with E-state index in [1.807, 2.05) is 0 Å². The molecule has 0 saturated carbocycles. The highest BCUT2D eigenvalue weighted by Crippen LogP contribution is 2.15. The van der Waals surface area contributed by atoms with Gasteiger partial charge in [-0.05, 0) is 30.0 Å². The number of hydrogen-bond acceptors (Lipinski definition) is 2. The van der Waals surface area contributed by atoms with E-state index in [-0.39, 0.29) is 5.82 Å². The van der Waals surface area contributed by atoms with Gasteiger partial charge in [-0.3, -0.25) is 0 Å². The molecule has 1 heterocycles. The molecule has 1 aromatic carbocycles. The molecule has 0 bridgehead atoms. The summed E-state index contributed by atoms with van der Waals surface area (Å²) in [5.74, 6) is 0.817. The van der Waals surface area contributed by atoms with Crippen molar-refractivity contribution >= 4 is 11.6 Å². The summed E-state index contributed by atoms with van der Waals surface area (Å²) in [6.07, 6.45) is 1.20. The van der Waals surface area contributed by atoms with Crippen molar-refractivity contribution in [3.63, 3.8) is 0 Å². The van der Waals surface area contributed by atoms with E-state index in [1.54, 1.807) is 24.3 Å². The average Bonchev–Trinajstić information content (AvgIpc) is 2.30. The Morgan fingerprint density at radius 1 is 1.21 bits per heavy atom. The van der Waals surface area contributed by atoms with Crippen molar-refractivity contribution in [2.75, 3.05) is 0 Å². The van der Waals surface area contributed by atoms with Gasteiger partial charge in [-0.1, -0.05) is 43.6 Å². The Bertz CT molecular complexity index is 570. The molecule has 0 N–H and O–H groups in total. The second kappa shape index (κ2) is 6.11. The van der Waals surface area contributed by atoms with Crippen LogP contribution in [0.3, 0.4) is 0 Å². The first-order chi connectivity index (χ1) is 9.04. The normalized spacial score (nSPS) is 11.0. The lowest BCUT2D eigenvalue weighted by Gasteiger charge is -2.07. The molecule has 0 spiro atoms. The van der Waals surface area contributed by atoms with E-state index in [0.29, 0.717) is 28.9 Å². The molecule has 19 heavy (non-hydrogen) atoms. The van der Waals surface area contributed by atoms with Crippen molar-refractivity contribution in [1.82, 2.24) is 9.97 Å². The first-order valence-corrected chi connectivity index (χ1v) is 6.68. The van der Waals surface area contributed by atoms with E-state index >= 15 is 0 Å². The van der Waals surface area contributed by atoms with E-state index in [9.17, 15) is 4.39 Å². The zero-order chi connectivity index (χ0) is 13.8. The molecule has 0 radical (unpaired) electrons. The molecule has 0 aliphatic rings. The van der Waals surface area contributed by atoms with Gasteiger partial charge < -0.3 is 0 Å². The van der Waals surface area contributed by atoms with Crippen molar-refractivity contribution in [1.29, 1.82) is 0 Å². The van der Waals surface area contributed by atoms with Gasteiger partial charge in [0.2, 0.25) is 0 Å². The van der Waals surface area contributed by atoms with Crippen LogP contribution in [0.4, 0.5) is 4.39 Å². The Kier molecular flexibility index (Phi) is 4.48. The lowest BCUT2D eigenvalue weighted by molar-refractivity contribution is 0.609. The summed E-state index contributed by atoms with van der Waals surface area (Å²) in [6.45, 7) is 4.24. The molecular weight excluding hydrogens is 263 g/mol. The Labute approximate surface area is 117 Å². The third kappa shape index (κ3) is 4.00. The van der Waals surface area contributed by atoms with Crippen LogP contribution in [0.25, 0.3) is 0 Å². The zero-order valence-corrected chi connectivity index (χ0v) is 11.8. The number of hydrogen-bond donors (Lipinski definition) is 0. The maximum absolute atomic E-state index is 13.6. The summed E-state index contributed by atoms with van der Waals surface area (Å²) in [4.78, 5) is 8.61. The first-order valence-electron chi connectivity index (χ1n) is 6.30. The fraction of sp³-hybridized carbons (Fsp3) is 0.333. The molecule has 4 heteroatoms. The topological polar surface area (TPSA) is 25.8 Å². The maximum Gasteiger partial charge on any atom is 0.134 e. The maximum atomic E-state index is 13.6. The second-order valence-electron chi connectivity index (χ2n) is 4.96. The smallest absolute Gasteiger partial charge is 0.134 e. The average molecular weight is 279 g/mol. The summed E-state index contributed by atoms with van der Waals surface area (Å²) in [5.41, 5.74) is 1.49. The standard InChI is InChI=1S/C15H16ClFN2/c1-10(2)7-12-9-14(16)19-15(18-12)8-11-5-3-4-6-13(11)17/h3-6,9-10H,7-8H2,1-2H3. The Balaban J connectivity index is 2.25. The lowest BCUT2D eigenvalue weighted by atomic mass is 10.1. The molecule has 0 unspecified atom stereocenters. The molecule has 0 aliphatic carbocycles. The van der Waals surface area contributed by atoms with Crippen molar-refractivity contribution in [3.05, 3.63) is 58.4 Å². The highest BCUT2D eigenvalue weighted by Gasteiger charge is 2.08. The third-order valence-electron chi connectivity index (χ3n) is 2.72. The van der Waals surface area contributed by atoms with Crippen molar-refractivity contribution in [2.45, 2.75) is 26.7 Å². The van der Waals surface area contributed by atoms with Crippen molar-refractivity contribution in [2.24, 2.45) is 5.92 Å². The van der Waals surface area contributed by atoms with Gasteiger partial charge in [-0.2, -0.15) is 0 Å². The van der Waals surface area contributed by atoms with Gasteiger partial charge >= 0.3 is 0 Å². The summed E-state index contributed by atoms with van der Waals surface area (Å²) < 4.78 is 13.6. The molecule has 2 nitrogen and oxygen atoms in total. The van der Waals surface area contributed by atoms with Crippen LogP contribution in [-0.4, -0.2) is 9.97 Å². The molecule has 2 aromatic rings. The van der Waals surface area contributed by atoms with E-state index < -0.39 is 0 Å².